The second kappa shape index (κ2) is 6.20. The van der Waals surface area contributed by atoms with E-state index in [2.05, 4.69) is 17.4 Å². The predicted octanol–water partition coefficient (Wildman–Crippen LogP) is 2.59. The van der Waals surface area contributed by atoms with Gasteiger partial charge in [-0.15, -0.1) is 0 Å². The standard InChI is InChI=1S/C16H19NO2S/c1-17-16(14-6-4-3-5-7-14)12-13-8-10-15(11-9-13)20(2,18)19/h3-11,16-17H,12H2,1-2H3. The van der Waals surface area contributed by atoms with Gasteiger partial charge in [-0.2, -0.15) is 0 Å². The molecule has 0 aliphatic rings. The molecular weight excluding hydrogens is 270 g/mol. The van der Waals surface area contributed by atoms with Crippen molar-refractivity contribution in [3.05, 3.63) is 65.7 Å². The molecule has 1 atom stereocenters. The van der Waals surface area contributed by atoms with Gasteiger partial charge in [0.05, 0.1) is 4.90 Å². The zero-order chi connectivity index (χ0) is 14.6. The highest BCUT2D eigenvalue weighted by molar-refractivity contribution is 7.90. The fourth-order valence-corrected chi connectivity index (χ4v) is 2.81. The molecule has 2 aromatic carbocycles. The Morgan fingerprint density at radius 3 is 2.10 bits per heavy atom. The molecule has 0 saturated carbocycles. The van der Waals surface area contributed by atoms with Crippen molar-refractivity contribution in [3.8, 4) is 0 Å². The molecule has 0 amide bonds. The highest BCUT2D eigenvalue weighted by Crippen LogP contribution is 2.19. The van der Waals surface area contributed by atoms with E-state index in [1.807, 2.05) is 37.4 Å². The molecule has 0 bridgehead atoms. The first kappa shape index (κ1) is 14.8. The highest BCUT2D eigenvalue weighted by Gasteiger charge is 2.11. The molecule has 2 rings (SSSR count). The third-order valence-electron chi connectivity index (χ3n) is 3.34. The Kier molecular flexibility index (Phi) is 4.57. The van der Waals surface area contributed by atoms with Crippen molar-refractivity contribution >= 4 is 9.84 Å². The van der Waals surface area contributed by atoms with Crippen LogP contribution in [-0.4, -0.2) is 21.7 Å². The second-order valence-electron chi connectivity index (χ2n) is 4.87. The van der Waals surface area contributed by atoms with Crippen LogP contribution in [0.2, 0.25) is 0 Å². The van der Waals surface area contributed by atoms with Crippen LogP contribution < -0.4 is 5.32 Å². The fourth-order valence-electron chi connectivity index (χ4n) is 2.18. The quantitative estimate of drug-likeness (QED) is 0.920. The van der Waals surface area contributed by atoms with Crippen LogP contribution in [0.1, 0.15) is 17.2 Å². The molecule has 0 aliphatic carbocycles. The number of likely N-dealkylation sites (N-methyl/N-ethyl adjacent to an activating group) is 1. The molecule has 20 heavy (non-hydrogen) atoms. The van der Waals surface area contributed by atoms with Crippen LogP contribution >= 0.6 is 0 Å². The average molecular weight is 289 g/mol. The van der Waals surface area contributed by atoms with Gasteiger partial charge in [0, 0.05) is 12.3 Å². The molecule has 0 fully saturated rings. The topological polar surface area (TPSA) is 46.2 Å². The summed E-state index contributed by atoms with van der Waals surface area (Å²) in [5.74, 6) is 0. The Morgan fingerprint density at radius 2 is 1.60 bits per heavy atom. The first-order valence-electron chi connectivity index (χ1n) is 6.52. The van der Waals surface area contributed by atoms with Crippen molar-refractivity contribution in [2.24, 2.45) is 0 Å². The summed E-state index contributed by atoms with van der Waals surface area (Å²) >= 11 is 0. The van der Waals surface area contributed by atoms with Gasteiger partial charge >= 0.3 is 0 Å². The number of hydrogen-bond donors (Lipinski definition) is 1. The van der Waals surface area contributed by atoms with Gasteiger partial charge in [-0.25, -0.2) is 8.42 Å². The van der Waals surface area contributed by atoms with Gasteiger partial charge < -0.3 is 5.32 Å². The molecule has 0 aliphatic heterocycles. The smallest absolute Gasteiger partial charge is 0.175 e. The van der Waals surface area contributed by atoms with E-state index in [1.165, 1.54) is 11.8 Å². The third kappa shape index (κ3) is 3.68. The van der Waals surface area contributed by atoms with Crippen LogP contribution in [0.5, 0.6) is 0 Å². The molecular formula is C16H19NO2S. The monoisotopic (exact) mass is 289 g/mol. The van der Waals surface area contributed by atoms with E-state index in [-0.39, 0.29) is 6.04 Å². The van der Waals surface area contributed by atoms with Crippen molar-refractivity contribution in [2.75, 3.05) is 13.3 Å². The lowest BCUT2D eigenvalue weighted by molar-refractivity contribution is 0.591. The van der Waals surface area contributed by atoms with Crippen LogP contribution in [0.3, 0.4) is 0 Å². The maximum atomic E-state index is 11.4. The summed E-state index contributed by atoms with van der Waals surface area (Å²) in [5.41, 5.74) is 2.34. The average Bonchev–Trinajstić information content (AvgIpc) is 2.45. The van der Waals surface area contributed by atoms with E-state index in [0.717, 1.165) is 12.0 Å². The molecule has 4 heteroatoms. The Bertz CT molecular complexity index is 649. The van der Waals surface area contributed by atoms with Crippen molar-refractivity contribution < 1.29 is 8.42 Å². The lowest BCUT2D eigenvalue weighted by atomic mass is 9.99. The Balaban J connectivity index is 2.17. The van der Waals surface area contributed by atoms with E-state index in [9.17, 15) is 8.42 Å². The van der Waals surface area contributed by atoms with Crippen molar-refractivity contribution in [2.45, 2.75) is 17.4 Å². The minimum absolute atomic E-state index is 0.222. The molecule has 0 spiro atoms. The molecule has 0 radical (unpaired) electrons. The molecule has 0 aromatic heterocycles. The van der Waals surface area contributed by atoms with Gasteiger partial charge in [-0.05, 0) is 36.7 Å². The summed E-state index contributed by atoms with van der Waals surface area (Å²) in [5, 5.41) is 3.29. The van der Waals surface area contributed by atoms with Gasteiger partial charge in [0.25, 0.3) is 0 Å². The summed E-state index contributed by atoms with van der Waals surface area (Å²) in [6.07, 6.45) is 2.05. The molecule has 0 heterocycles. The molecule has 0 saturated heterocycles. The molecule has 106 valence electrons. The number of sulfone groups is 1. The van der Waals surface area contributed by atoms with E-state index in [1.54, 1.807) is 12.1 Å². The molecule has 2 aromatic rings. The van der Waals surface area contributed by atoms with Gasteiger partial charge in [0.2, 0.25) is 0 Å². The van der Waals surface area contributed by atoms with Crippen LogP contribution in [0.15, 0.2) is 59.5 Å². The summed E-state index contributed by atoms with van der Waals surface area (Å²) < 4.78 is 22.9. The van der Waals surface area contributed by atoms with Crippen molar-refractivity contribution in [1.82, 2.24) is 5.32 Å². The lowest BCUT2D eigenvalue weighted by Gasteiger charge is -2.16. The Morgan fingerprint density at radius 1 is 1.00 bits per heavy atom. The number of nitrogens with one attached hydrogen (secondary N) is 1. The van der Waals surface area contributed by atoms with Crippen molar-refractivity contribution in [3.63, 3.8) is 0 Å². The Labute approximate surface area is 120 Å². The normalized spacial score (nSPS) is 13.1. The third-order valence-corrected chi connectivity index (χ3v) is 4.47. The van der Waals surface area contributed by atoms with Crippen LogP contribution in [-0.2, 0) is 16.3 Å². The summed E-state index contributed by atoms with van der Waals surface area (Å²) in [4.78, 5) is 0.363. The molecule has 3 nitrogen and oxygen atoms in total. The number of hydrogen-bond acceptors (Lipinski definition) is 3. The SMILES string of the molecule is CNC(Cc1ccc(S(C)(=O)=O)cc1)c1ccccc1. The lowest BCUT2D eigenvalue weighted by Crippen LogP contribution is -2.18. The first-order valence-corrected chi connectivity index (χ1v) is 8.41. The minimum atomic E-state index is -3.12. The molecule has 1 N–H and O–H groups in total. The predicted molar refractivity (Wildman–Crippen MR) is 81.5 cm³/mol. The van der Waals surface area contributed by atoms with Gasteiger partial charge in [0.15, 0.2) is 9.84 Å². The van der Waals surface area contributed by atoms with Gasteiger partial charge in [-0.3, -0.25) is 0 Å². The van der Waals surface area contributed by atoms with Gasteiger partial charge in [0.1, 0.15) is 0 Å². The largest absolute Gasteiger partial charge is 0.313 e. The summed E-state index contributed by atoms with van der Waals surface area (Å²) in [7, 11) is -1.19. The van der Waals surface area contributed by atoms with E-state index in [4.69, 9.17) is 0 Å². The first-order chi connectivity index (χ1) is 9.50. The van der Waals surface area contributed by atoms with Gasteiger partial charge in [-0.1, -0.05) is 42.5 Å². The fraction of sp³-hybridized carbons (Fsp3) is 0.250. The van der Waals surface area contributed by atoms with Crippen LogP contribution in [0, 0.1) is 0 Å². The summed E-state index contributed by atoms with van der Waals surface area (Å²) in [6, 6.07) is 17.5. The van der Waals surface area contributed by atoms with Crippen LogP contribution in [0.25, 0.3) is 0 Å². The Hall–Kier alpha value is -1.65. The minimum Gasteiger partial charge on any atom is -0.313 e. The zero-order valence-electron chi connectivity index (χ0n) is 11.7. The maximum absolute atomic E-state index is 11.4. The number of benzene rings is 2. The number of rotatable bonds is 5. The molecule has 1 unspecified atom stereocenters. The maximum Gasteiger partial charge on any atom is 0.175 e. The van der Waals surface area contributed by atoms with E-state index >= 15 is 0 Å². The second-order valence-corrected chi connectivity index (χ2v) is 6.89. The highest BCUT2D eigenvalue weighted by atomic mass is 32.2. The van der Waals surface area contributed by atoms with E-state index in [0.29, 0.717) is 4.90 Å². The summed E-state index contributed by atoms with van der Waals surface area (Å²) in [6.45, 7) is 0. The van der Waals surface area contributed by atoms with E-state index < -0.39 is 9.84 Å². The van der Waals surface area contributed by atoms with Crippen LogP contribution in [0.4, 0.5) is 0 Å². The zero-order valence-corrected chi connectivity index (χ0v) is 12.5. The van der Waals surface area contributed by atoms with Crippen molar-refractivity contribution in [1.29, 1.82) is 0 Å².